The number of aromatic nitrogens is 3. The summed E-state index contributed by atoms with van der Waals surface area (Å²) >= 11 is 0. The Morgan fingerprint density at radius 1 is 1.33 bits per heavy atom. The minimum Gasteiger partial charge on any atom is -0.369 e. The Labute approximate surface area is 106 Å². The molecule has 2 heterocycles. The van der Waals surface area contributed by atoms with Crippen molar-refractivity contribution in [1.82, 2.24) is 14.5 Å². The molecular weight excluding hydrogens is 224 g/mol. The van der Waals surface area contributed by atoms with E-state index in [1.807, 2.05) is 13.1 Å². The molecule has 94 valence electrons. The minimum absolute atomic E-state index is 0.531. The zero-order chi connectivity index (χ0) is 12.3. The van der Waals surface area contributed by atoms with Crippen molar-refractivity contribution in [3.8, 4) is 0 Å². The first-order valence-electron chi connectivity index (χ1n) is 6.82. The van der Waals surface area contributed by atoms with E-state index < -0.39 is 0 Å². The van der Waals surface area contributed by atoms with Gasteiger partial charge in [-0.1, -0.05) is 6.42 Å². The van der Waals surface area contributed by atoms with E-state index in [1.165, 1.54) is 25.7 Å². The SMILES string of the molecule is Cc1cnc2c(c1)nc(N)n2C1CC2CCC1C2. The highest BCUT2D eigenvalue weighted by Crippen LogP contribution is 2.51. The van der Waals surface area contributed by atoms with Crippen LogP contribution in [0.15, 0.2) is 12.3 Å². The molecule has 4 heteroatoms. The van der Waals surface area contributed by atoms with Gasteiger partial charge in [-0.15, -0.1) is 0 Å². The average Bonchev–Trinajstić information content (AvgIpc) is 3.00. The molecule has 2 bridgehead atoms. The molecule has 2 aliphatic rings. The van der Waals surface area contributed by atoms with Crippen molar-refractivity contribution < 1.29 is 0 Å². The number of hydrogen-bond acceptors (Lipinski definition) is 3. The Balaban J connectivity index is 1.87. The highest BCUT2D eigenvalue weighted by Gasteiger charge is 2.41. The number of fused-ring (bicyclic) bond motifs is 3. The van der Waals surface area contributed by atoms with Crippen LogP contribution >= 0.6 is 0 Å². The van der Waals surface area contributed by atoms with Gasteiger partial charge in [-0.05, 0) is 49.7 Å². The van der Waals surface area contributed by atoms with Gasteiger partial charge < -0.3 is 5.73 Å². The Bertz CT molecular complexity index is 616. The predicted molar refractivity (Wildman–Crippen MR) is 71.2 cm³/mol. The average molecular weight is 242 g/mol. The summed E-state index contributed by atoms with van der Waals surface area (Å²) in [4.78, 5) is 9.03. The molecular formula is C14H18N4. The fourth-order valence-corrected chi connectivity index (χ4v) is 3.95. The molecule has 3 atom stereocenters. The van der Waals surface area contributed by atoms with E-state index in [2.05, 4.69) is 20.6 Å². The molecule has 3 unspecified atom stereocenters. The van der Waals surface area contributed by atoms with Crippen LogP contribution in [0.1, 0.15) is 37.3 Å². The van der Waals surface area contributed by atoms with E-state index in [9.17, 15) is 0 Å². The Kier molecular flexibility index (Phi) is 1.99. The van der Waals surface area contributed by atoms with E-state index >= 15 is 0 Å². The first-order valence-corrected chi connectivity index (χ1v) is 6.82. The van der Waals surface area contributed by atoms with Gasteiger partial charge in [-0.25, -0.2) is 9.97 Å². The molecule has 2 fully saturated rings. The standard InChI is InChI=1S/C14H18N4/c1-8-4-11-13(16-7-8)18(14(15)17-11)12-6-9-2-3-10(12)5-9/h4,7,9-10,12H,2-3,5-6H2,1H3,(H2,15,17). The summed E-state index contributed by atoms with van der Waals surface area (Å²) in [6.45, 7) is 2.04. The first-order chi connectivity index (χ1) is 8.72. The van der Waals surface area contributed by atoms with Crippen LogP contribution in [0.2, 0.25) is 0 Å². The minimum atomic E-state index is 0.531. The third-order valence-corrected chi connectivity index (χ3v) is 4.73. The number of nitrogens with zero attached hydrogens (tertiary/aromatic N) is 3. The number of rotatable bonds is 1. The molecule has 18 heavy (non-hydrogen) atoms. The summed E-state index contributed by atoms with van der Waals surface area (Å²) in [6, 6.07) is 2.60. The summed E-state index contributed by atoms with van der Waals surface area (Å²) in [6.07, 6.45) is 7.29. The lowest BCUT2D eigenvalue weighted by Gasteiger charge is -2.24. The van der Waals surface area contributed by atoms with Crippen molar-refractivity contribution >= 4 is 17.1 Å². The lowest BCUT2D eigenvalue weighted by atomic mass is 9.95. The summed E-state index contributed by atoms with van der Waals surface area (Å²) in [5, 5.41) is 0. The highest BCUT2D eigenvalue weighted by atomic mass is 15.2. The highest BCUT2D eigenvalue weighted by molar-refractivity contribution is 5.74. The molecule has 0 saturated heterocycles. The van der Waals surface area contributed by atoms with Crippen molar-refractivity contribution in [3.05, 3.63) is 17.8 Å². The number of pyridine rings is 1. The zero-order valence-electron chi connectivity index (χ0n) is 10.6. The van der Waals surface area contributed by atoms with Gasteiger partial charge >= 0.3 is 0 Å². The zero-order valence-corrected chi connectivity index (χ0v) is 10.6. The van der Waals surface area contributed by atoms with E-state index in [0.29, 0.717) is 12.0 Å². The van der Waals surface area contributed by atoms with E-state index in [0.717, 1.165) is 28.6 Å². The maximum absolute atomic E-state index is 6.13. The smallest absolute Gasteiger partial charge is 0.202 e. The molecule has 2 aliphatic carbocycles. The van der Waals surface area contributed by atoms with Crippen LogP contribution in [0.4, 0.5) is 5.95 Å². The van der Waals surface area contributed by atoms with Crippen molar-refractivity contribution in [2.45, 2.75) is 38.6 Å². The van der Waals surface area contributed by atoms with Gasteiger partial charge in [-0.3, -0.25) is 4.57 Å². The molecule has 4 rings (SSSR count). The lowest BCUT2D eigenvalue weighted by molar-refractivity contribution is 0.338. The van der Waals surface area contributed by atoms with Crippen molar-refractivity contribution in [2.24, 2.45) is 11.8 Å². The molecule has 2 aromatic rings. The van der Waals surface area contributed by atoms with Gasteiger partial charge in [0.05, 0.1) is 0 Å². The molecule has 0 amide bonds. The Hall–Kier alpha value is -1.58. The van der Waals surface area contributed by atoms with Crippen LogP contribution < -0.4 is 5.73 Å². The van der Waals surface area contributed by atoms with Crippen LogP contribution in [-0.4, -0.2) is 14.5 Å². The Morgan fingerprint density at radius 3 is 2.94 bits per heavy atom. The lowest BCUT2D eigenvalue weighted by Crippen LogP contribution is -2.18. The van der Waals surface area contributed by atoms with Crippen LogP contribution in [0.3, 0.4) is 0 Å². The summed E-state index contributed by atoms with van der Waals surface area (Å²) < 4.78 is 2.19. The van der Waals surface area contributed by atoms with Crippen LogP contribution in [0.5, 0.6) is 0 Å². The van der Waals surface area contributed by atoms with E-state index in [4.69, 9.17) is 5.73 Å². The Morgan fingerprint density at radius 2 is 2.22 bits per heavy atom. The van der Waals surface area contributed by atoms with Crippen molar-refractivity contribution in [3.63, 3.8) is 0 Å². The number of anilines is 1. The second-order valence-corrected chi connectivity index (χ2v) is 5.94. The maximum atomic E-state index is 6.13. The number of nitrogen functional groups attached to an aromatic ring is 1. The topological polar surface area (TPSA) is 56.7 Å². The van der Waals surface area contributed by atoms with E-state index in [1.54, 1.807) is 0 Å². The van der Waals surface area contributed by atoms with Crippen LogP contribution in [0, 0.1) is 18.8 Å². The van der Waals surface area contributed by atoms with Gasteiger partial charge in [-0.2, -0.15) is 0 Å². The number of aryl methyl sites for hydroxylation is 1. The molecule has 0 aromatic carbocycles. The van der Waals surface area contributed by atoms with Gasteiger partial charge in [0.1, 0.15) is 5.52 Å². The van der Waals surface area contributed by atoms with Gasteiger partial charge in [0.2, 0.25) is 5.95 Å². The third-order valence-electron chi connectivity index (χ3n) is 4.73. The number of nitrogens with two attached hydrogens (primary N) is 1. The monoisotopic (exact) mass is 242 g/mol. The third kappa shape index (κ3) is 1.32. The predicted octanol–water partition coefficient (Wildman–Crippen LogP) is 2.68. The first kappa shape index (κ1) is 10.4. The van der Waals surface area contributed by atoms with E-state index in [-0.39, 0.29) is 0 Å². The molecule has 0 radical (unpaired) electrons. The van der Waals surface area contributed by atoms with Gasteiger partial charge in [0.15, 0.2) is 5.65 Å². The quantitative estimate of drug-likeness (QED) is 0.836. The molecule has 4 nitrogen and oxygen atoms in total. The summed E-state index contributed by atoms with van der Waals surface area (Å²) in [5.74, 6) is 2.33. The summed E-state index contributed by atoms with van der Waals surface area (Å²) in [5.41, 5.74) is 9.17. The summed E-state index contributed by atoms with van der Waals surface area (Å²) in [7, 11) is 0. The fraction of sp³-hybridized carbons (Fsp3) is 0.571. The molecule has 2 saturated carbocycles. The van der Waals surface area contributed by atoms with Crippen LogP contribution in [-0.2, 0) is 0 Å². The second-order valence-electron chi connectivity index (χ2n) is 5.94. The number of imidazole rings is 1. The number of hydrogen-bond donors (Lipinski definition) is 1. The van der Waals surface area contributed by atoms with Crippen molar-refractivity contribution in [2.75, 3.05) is 5.73 Å². The fourth-order valence-electron chi connectivity index (χ4n) is 3.95. The molecule has 2 N–H and O–H groups in total. The molecule has 0 aliphatic heterocycles. The van der Waals surface area contributed by atoms with Crippen molar-refractivity contribution in [1.29, 1.82) is 0 Å². The van der Waals surface area contributed by atoms with Gasteiger partial charge in [0.25, 0.3) is 0 Å². The normalized spacial score (nSPS) is 30.4. The second kappa shape index (κ2) is 3.46. The molecule has 0 spiro atoms. The largest absolute Gasteiger partial charge is 0.369 e. The molecule has 2 aromatic heterocycles. The van der Waals surface area contributed by atoms with Crippen LogP contribution in [0.25, 0.3) is 11.2 Å². The van der Waals surface area contributed by atoms with Gasteiger partial charge in [0, 0.05) is 12.2 Å². The maximum Gasteiger partial charge on any atom is 0.202 e.